The molecule has 2 aromatic heterocycles. The number of ether oxygens (including phenoxy) is 1. The Morgan fingerprint density at radius 2 is 2.00 bits per heavy atom. The van der Waals surface area contributed by atoms with Gasteiger partial charge in [0.05, 0.1) is 6.04 Å². The van der Waals surface area contributed by atoms with Crippen molar-refractivity contribution in [2.45, 2.75) is 51.2 Å². The molecular formula is C24H21F4N5O5. The number of alkyl halides is 3. The third-order valence-electron chi connectivity index (χ3n) is 6.89. The number of fused-ring (bicyclic) bond motifs is 2. The molecule has 10 nitrogen and oxygen atoms in total. The highest BCUT2D eigenvalue weighted by molar-refractivity contribution is 6.04. The molecule has 200 valence electrons. The molecule has 1 saturated heterocycles. The van der Waals surface area contributed by atoms with Gasteiger partial charge in [0, 0.05) is 30.8 Å². The fraction of sp³-hybridized carbons (Fsp3) is 0.375. The summed E-state index contributed by atoms with van der Waals surface area (Å²) in [7, 11) is 0. The third-order valence-corrected chi connectivity index (χ3v) is 6.89. The van der Waals surface area contributed by atoms with Gasteiger partial charge < -0.3 is 20.6 Å². The van der Waals surface area contributed by atoms with Crippen LogP contribution in [0.1, 0.15) is 34.6 Å². The molecule has 0 bridgehead atoms. The van der Waals surface area contributed by atoms with E-state index >= 15 is 0 Å². The first kappa shape index (κ1) is 25.4. The highest BCUT2D eigenvalue weighted by atomic mass is 19.4. The number of nitrogens with zero attached hydrogens (tertiary/aromatic N) is 4. The quantitative estimate of drug-likeness (QED) is 0.279. The maximum absolute atomic E-state index is 14.6. The van der Waals surface area contributed by atoms with Crippen LogP contribution in [0, 0.1) is 23.9 Å². The predicted octanol–water partition coefficient (Wildman–Crippen LogP) is 1.92. The highest BCUT2D eigenvalue weighted by Crippen LogP contribution is 2.48. The van der Waals surface area contributed by atoms with Crippen LogP contribution < -0.4 is 15.2 Å². The van der Waals surface area contributed by atoms with Gasteiger partial charge in [-0.05, 0) is 30.4 Å². The number of halogens is 4. The lowest BCUT2D eigenvalue weighted by molar-refractivity contribution is -0.610. The summed E-state index contributed by atoms with van der Waals surface area (Å²) in [6.45, 7) is 1.13. The fourth-order valence-electron chi connectivity index (χ4n) is 5.07. The molecular weight excluding hydrogens is 514 g/mol. The minimum atomic E-state index is -5.10. The molecule has 1 saturated carbocycles. The van der Waals surface area contributed by atoms with Crippen molar-refractivity contribution in [3.8, 4) is 5.75 Å². The highest BCUT2D eigenvalue weighted by Gasteiger charge is 2.55. The predicted molar refractivity (Wildman–Crippen MR) is 121 cm³/mol. The zero-order valence-corrected chi connectivity index (χ0v) is 19.9. The third kappa shape index (κ3) is 4.61. The lowest BCUT2D eigenvalue weighted by Crippen LogP contribution is -2.45. The number of benzene rings is 1. The van der Waals surface area contributed by atoms with Crippen LogP contribution in [0.2, 0.25) is 0 Å². The molecule has 38 heavy (non-hydrogen) atoms. The van der Waals surface area contributed by atoms with Crippen LogP contribution in [0.15, 0.2) is 30.5 Å². The molecule has 1 aliphatic heterocycles. The van der Waals surface area contributed by atoms with E-state index in [4.69, 9.17) is 5.73 Å². The number of carbonyl (C=O) groups is 3. The summed E-state index contributed by atoms with van der Waals surface area (Å²) in [6, 6.07) is 3.43. The minimum absolute atomic E-state index is 0.0691. The molecule has 0 unspecified atom stereocenters. The Kier molecular flexibility index (Phi) is 5.99. The van der Waals surface area contributed by atoms with Crippen LogP contribution in [-0.2, 0) is 22.6 Å². The van der Waals surface area contributed by atoms with Crippen molar-refractivity contribution < 1.29 is 41.4 Å². The Labute approximate surface area is 212 Å². The molecule has 2 N–H and O–H groups in total. The Morgan fingerprint density at radius 3 is 2.68 bits per heavy atom. The van der Waals surface area contributed by atoms with E-state index in [1.807, 2.05) is 0 Å². The van der Waals surface area contributed by atoms with Crippen molar-refractivity contribution in [2.75, 3.05) is 0 Å². The van der Waals surface area contributed by atoms with Gasteiger partial charge in [0.2, 0.25) is 12.1 Å². The van der Waals surface area contributed by atoms with E-state index < -0.39 is 54.5 Å². The first-order valence-electron chi connectivity index (χ1n) is 11.6. The molecule has 14 heteroatoms. The Hall–Kier alpha value is -4.23. The van der Waals surface area contributed by atoms with Crippen LogP contribution in [0.4, 0.5) is 17.6 Å². The molecule has 2 amide bonds. The van der Waals surface area contributed by atoms with Gasteiger partial charge in [-0.15, -0.1) is 13.2 Å². The van der Waals surface area contributed by atoms with Crippen LogP contribution in [0.5, 0.6) is 5.75 Å². The van der Waals surface area contributed by atoms with E-state index in [-0.39, 0.29) is 34.4 Å². The van der Waals surface area contributed by atoms with Gasteiger partial charge in [0.15, 0.2) is 28.7 Å². The molecule has 0 radical (unpaired) electrons. The number of pyridine rings is 1. The number of ketones is 1. The van der Waals surface area contributed by atoms with E-state index in [2.05, 4.69) is 9.84 Å². The summed E-state index contributed by atoms with van der Waals surface area (Å²) in [5.74, 6) is -4.18. The lowest BCUT2D eigenvalue weighted by Gasteiger charge is -2.27. The summed E-state index contributed by atoms with van der Waals surface area (Å²) in [5.41, 5.74) is 5.49. The molecule has 1 aromatic carbocycles. The van der Waals surface area contributed by atoms with E-state index in [1.54, 1.807) is 0 Å². The Balaban J connectivity index is 1.38. The van der Waals surface area contributed by atoms with E-state index in [1.165, 1.54) is 34.8 Å². The van der Waals surface area contributed by atoms with E-state index in [0.29, 0.717) is 23.0 Å². The number of hydrogen-bond acceptors (Lipinski definition) is 6. The second-order valence-corrected chi connectivity index (χ2v) is 9.45. The molecule has 3 atom stereocenters. The second-order valence-electron chi connectivity index (χ2n) is 9.45. The number of likely N-dealkylation sites (tertiary alicyclic amines) is 1. The summed E-state index contributed by atoms with van der Waals surface area (Å²) in [6.07, 6.45) is -3.47. The Bertz CT molecular complexity index is 1490. The number of carbonyl (C=O) groups excluding carboxylic acids is 3. The fourth-order valence-corrected chi connectivity index (χ4v) is 5.07. The van der Waals surface area contributed by atoms with Crippen molar-refractivity contribution >= 4 is 28.5 Å². The minimum Gasteiger partial charge on any atom is -0.618 e. The number of aromatic nitrogens is 3. The summed E-state index contributed by atoms with van der Waals surface area (Å²) in [4.78, 5) is 39.8. The zero-order chi connectivity index (χ0) is 27.5. The van der Waals surface area contributed by atoms with Crippen LogP contribution in [-0.4, -0.2) is 50.7 Å². The zero-order valence-electron chi connectivity index (χ0n) is 19.9. The standard InChI is InChI=1S/C24H21F4N5O5/c1-11-5-14-17(9-32(11)37)31(30-22(14)23(29)36)10-20(35)33-15-6-13(15)7-16(33)18(34)8-12-3-2-4-19(21(12)25)38-24(26,27)28/h2-5,9,13,15-16H,6-8,10H2,1H3,(H2,29,36)/t13-,15-,16+/m1/s1. The number of hydrogen-bond donors (Lipinski definition) is 1. The van der Waals surface area contributed by atoms with Gasteiger partial charge in [0.1, 0.15) is 12.1 Å². The first-order chi connectivity index (χ1) is 17.8. The van der Waals surface area contributed by atoms with Gasteiger partial charge >= 0.3 is 6.36 Å². The average molecular weight is 535 g/mol. The lowest BCUT2D eigenvalue weighted by atomic mass is 9.99. The van der Waals surface area contributed by atoms with Crippen molar-refractivity contribution in [3.05, 3.63) is 58.4 Å². The number of rotatable bonds is 7. The number of aryl methyl sites for hydroxylation is 1. The van der Waals surface area contributed by atoms with Crippen molar-refractivity contribution in [2.24, 2.45) is 11.7 Å². The maximum Gasteiger partial charge on any atom is 0.573 e. The largest absolute Gasteiger partial charge is 0.618 e. The average Bonchev–Trinajstić information content (AvgIpc) is 3.35. The number of amides is 2. The molecule has 3 heterocycles. The monoisotopic (exact) mass is 535 g/mol. The number of Topliss-reactive ketones (excluding diaryl/α,β-unsaturated/α-hetero) is 1. The molecule has 3 aromatic rings. The van der Waals surface area contributed by atoms with Gasteiger partial charge in [-0.1, -0.05) is 12.1 Å². The number of primary amides is 1. The van der Waals surface area contributed by atoms with Gasteiger partial charge in [-0.3, -0.25) is 14.4 Å². The molecule has 0 spiro atoms. The van der Waals surface area contributed by atoms with Crippen LogP contribution in [0.3, 0.4) is 0 Å². The summed E-state index contributed by atoms with van der Waals surface area (Å²) in [5, 5.41) is 16.5. The summed E-state index contributed by atoms with van der Waals surface area (Å²) < 4.78 is 57.7. The summed E-state index contributed by atoms with van der Waals surface area (Å²) >= 11 is 0. The van der Waals surface area contributed by atoms with Gasteiger partial charge in [-0.2, -0.15) is 9.83 Å². The number of piperidine rings is 1. The molecule has 1 aliphatic carbocycles. The van der Waals surface area contributed by atoms with Crippen LogP contribution >= 0.6 is 0 Å². The SMILES string of the molecule is Cc1cc2c(C(N)=O)nn(CC(=O)N3[C@@H]4C[C@@H]4C[C@H]3C(=O)Cc3cccc(OC(F)(F)F)c3F)c2c[n+]1[O-]. The van der Waals surface area contributed by atoms with Crippen molar-refractivity contribution in [3.63, 3.8) is 0 Å². The molecule has 2 aliphatic rings. The maximum atomic E-state index is 14.6. The topological polar surface area (TPSA) is 134 Å². The van der Waals surface area contributed by atoms with E-state index in [9.17, 15) is 37.2 Å². The van der Waals surface area contributed by atoms with E-state index in [0.717, 1.165) is 12.1 Å². The van der Waals surface area contributed by atoms with Crippen molar-refractivity contribution in [1.82, 2.24) is 14.7 Å². The van der Waals surface area contributed by atoms with Gasteiger partial charge in [0.25, 0.3) is 5.91 Å². The van der Waals surface area contributed by atoms with Crippen LogP contribution in [0.25, 0.3) is 10.9 Å². The number of nitrogens with two attached hydrogens (primary N) is 1. The normalized spacial score (nSPS) is 20.4. The second kappa shape index (κ2) is 8.96. The Morgan fingerprint density at radius 1 is 1.26 bits per heavy atom. The van der Waals surface area contributed by atoms with Gasteiger partial charge in [-0.25, -0.2) is 9.07 Å². The molecule has 2 fully saturated rings. The smallest absolute Gasteiger partial charge is 0.573 e. The van der Waals surface area contributed by atoms with Crippen molar-refractivity contribution in [1.29, 1.82) is 0 Å². The molecule has 5 rings (SSSR count). The first-order valence-corrected chi connectivity index (χ1v) is 11.6.